The molecule has 2 aromatic rings. The van der Waals surface area contributed by atoms with E-state index >= 15 is 0 Å². The van der Waals surface area contributed by atoms with E-state index in [9.17, 15) is 9.59 Å². The standard InChI is InChI=1S/C22H29N5O2/c1-16-10-11-19(25-24-16)26-12-7-13-27(15-14-26)20(28)17-8-5-6-9-18(17)23-21(29)22(2,3)4/h5-6,8-11H,7,12-15H2,1-4H3,(H,23,29). The molecule has 0 saturated carbocycles. The van der Waals surface area contributed by atoms with Crippen LogP contribution in [0.4, 0.5) is 11.5 Å². The molecule has 0 aliphatic carbocycles. The van der Waals surface area contributed by atoms with Crippen LogP contribution in [0.5, 0.6) is 0 Å². The van der Waals surface area contributed by atoms with Crippen LogP contribution in [0.1, 0.15) is 43.2 Å². The average molecular weight is 396 g/mol. The van der Waals surface area contributed by atoms with Crippen LogP contribution in [0.25, 0.3) is 0 Å². The molecule has 3 rings (SSSR count). The highest BCUT2D eigenvalue weighted by atomic mass is 16.2. The van der Waals surface area contributed by atoms with E-state index in [1.165, 1.54) is 0 Å². The number of rotatable bonds is 3. The molecule has 0 bridgehead atoms. The van der Waals surface area contributed by atoms with Gasteiger partial charge in [0.15, 0.2) is 5.82 Å². The van der Waals surface area contributed by atoms with Crippen LogP contribution >= 0.6 is 0 Å². The predicted octanol–water partition coefficient (Wildman–Crippen LogP) is 3.12. The van der Waals surface area contributed by atoms with Crippen molar-refractivity contribution in [2.24, 2.45) is 5.41 Å². The van der Waals surface area contributed by atoms with Crippen LogP contribution in [0.2, 0.25) is 0 Å². The number of aryl methyl sites for hydroxylation is 1. The number of carbonyl (C=O) groups excluding carboxylic acids is 2. The molecule has 0 radical (unpaired) electrons. The first-order valence-corrected chi connectivity index (χ1v) is 10.0. The van der Waals surface area contributed by atoms with Crippen LogP contribution in [-0.4, -0.2) is 53.1 Å². The van der Waals surface area contributed by atoms with Crippen molar-refractivity contribution in [2.75, 3.05) is 36.4 Å². The van der Waals surface area contributed by atoms with E-state index in [2.05, 4.69) is 20.4 Å². The third-order valence-corrected chi connectivity index (χ3v) is 4.98. The summed E-state index contributed by atoms with van der Waals surface area (Å²) in [5, 5.41) is 11.3. The maximum absolute atomic E-state index is 13.2. The highest BCUT2D eigenvalue weighted by molar-refractivity contribution is 6.04. The first-order chi connectivity index (χ1) is 13.8. The fourth-order valence-electron chi connectivity index (χ4n) is 3.17. The van der Waals surface area contributed by atoms with Gasteiger partial charge in [-0.15, -0.1) is 5.10 Å². The van der Waals surface area contributed by atoms with Gasteiger partial charge in [-0.1, -0.05) is 32.9 Å². The van der Waals surface area contributed by atoms with Crippen molar-refractivity contribution in [1.82, 2.24) is 15.1 Å². The number of carbonyl (C=O) groups is 2. The van der Waals surface area contributed by atoms with E-state index in [0.717, 1.165) is 24.5 Å². The molecule has 154 valence electrons. The Hall–Kier alpha value is -2.96. The number of hydrogen-bond acceptors (Lipinski definition) is 5. The van der Waals surface area contributed by atoms with Crippen LogP contribution in [-0.2, 0) is 4.79 Å². The number of aromatic nitrogens is 2. The average Bonchev–Trinajstić information content (AvgIpc) is 2.94. The van der Waals surface area contributed by atoms with Gasteiger partial charge in [-0.2, -0.15) is 5.10 Å². The maximum atomic E-state index is 13.2. The summed E-state index contributed by atoms with van der Waals surface area (Å²) >= 11 is 0. The molecule has 2 amide bonds. The van der Waals surface area contributed by atoms with Gasteiger partial charge in [0.2, 0.25) is 5.91 Å². The molecule has 29 heavy (non-hydrogen) atoms. The van der Waals surface area contributed by atoms with Crippen molar-refractivity contribution in [1.29, 1.82) is 0 Å². The van der Waals surface area contributed by atoms with Crippen LogP contribution < -0.4 is 10.2 Å². The molecule has 0 atom stereocenters. The Bertz CT molecular complexity index is 874. The van der Waals surface area contributed by atoms with Crippen LogP contribution in [0.15, 0.2) is 36.4 Å². The topological polar surface area (TPSA) is 78.4 Å². The normalized spacial score (nSPS) is 15.0. The summed E-state index contributed by atoms with van der Waals surface area (Å²) in [4.78, 5) is 29.6. The SMILES string of the molecule is Cc1ccc(N2CCCN(C(=O)c3ccccc3NC(=O)C(C)(C)C)CC2)nn1. The molecule has 1 aromatic heterocycles. The Balaban J connectivity index is 1.72. The molecule has 1 saturated heterocycles. The monoisotopic (exact) mass is 395 g/mol. The van der Waals surface area contributed by atoms with Gasteiger partial charge in [-0.05, 0) is 37.6 Å². The molecule has 0 spiro atoms. The molecular weight excluding hydrogens is 366 g/mol. The third kappa shape index (κ3) is 5.10. The number of anilines is 2. The Labute approximate surface area is 172 Å². The van der Waals surface area contributed by atoms with E-state index < -0.39 is 5.41 Å². The van der Waals surface area contributed by atoms with Crippen molar-refractivity contribution in [3.8, 4) is 0 Å². The highest BCUT2D eigenvalue weighted by Crippen LogP contribution is 2.23. The zero-order valence-corrected chi connectivity index (χ0v) is 17.6. The fourth-order valence-corrected chi connectivity index (χ4v) is 3.17. The lowest BCUT2D eigenvalue weighted by Gasteiger charge is -2.24. The number of nitrogens with one attached hydrogen (secondary N) is 1. The minimum atomic E-state index is -0.533. The molecule has 1 fully saturated rings. The van der Waals surface area contributed by atoms with Gasteiger partial charge in [-0.3, -0.25) is 9.59 Å². The Kier molecular flexibility index (Phi) is 6.15. The van der Waals surface area contributed by atoms with Crippen molar-refractivity contribution >= 4 is 23.3 Å². The third-order valence-electron chi connectivity index (χ3n) is 4.98. The van der Waals surface area contributed by atoms with Gasteiger partial charge in [0.05, 0.1) is 16.9 Å². The largest absolute Gasteiger partial charge is 0.353 e. The van der Waals surface area contributed by atoms with E-state index in [0.29, 0.717) is 30.9 Å². The predicted molar refractivity (Wildman–Crippen MR) is 114 cm³/mol. The number of para-hydroxylation sites is 1. The van der Waals surface area contributed by atoms with Crippen molar-refractivity contribution < 1.29 is 9.59 Å². The molecule has 0 unspecified atom stereocenters. The van der Waals surface area contributed by atoms with E-state index in [4.69, 9.17) is 0 Å². The summed E-state index contributed by atoms with van der Waals surface area (Å²) in [7, 11) is 0. The summed E-state index contributed by atoms with van der Waals surface area (Å²) in [5.74, 6) is 0.659. The second-order valence-electron chi connectivity index (χ2n) is 8.42. The quantitative estimate of drug-likeness (QED) is 0.864. The summed E-state index contributed by atoms with van der Waals surface area (Å²) < 4.78 is 0. The molecule has 7 nitrogen and oxygen atoms in total. The lowest BCUT2D eigenvalue weighted by molar-refractivity contribution is -0.123. The van der Waals surface area contributed by atoms with Gasteiger partial charge in [-0.25, -0.2) is 0 Å². The minimum Gasteiger partial charge on any atom is -0.353 e. The van der Waals surface area contributed by atoms with Gasteiger partial charge in [0.1, 0.15) is 0 Å². The zero-order chi connectivity index (χ0) is 21.0. The molecule has 7 heteroatoms. The van der Waals surface area contributed by atoms with Gasteiger partial charge < -0.3 is 15.1 Å². The highest BCUT2D eigenvalue weighted by Gasteiger charge is 2.26. The Morgan fingerprint density at radius 1 is 0.966 bits per heavy atom. The van der Waals surface area contributed by atoms with E-state index in [1.807, 2.05) is 56.9 Å². The van der Waals surface area contributed by atoms with Crippen molar-refractivity contribution in [3.63, 3.8) is 0 Å². The van der Waals surface area contributed by atoms with Gasteiger partial charge in [0.25, 0.3) is 5.91 Å². The van der Waals surface area contributed by atoms with Gasteiger partial charge >= 0.3 is 0 Å². The van der Waals surface area contributed by atoms with Crippen LogP contribution in [0, 0.1) is 12.3 Å². The molecule has 1 N–H and O–H groups in total. The van der Waals surface area contributed by atoms with E-state index in [-0.39, 0.29) is 11.8 Å². The van der Waals surface area contributed by atoms with Crippen molar-refractivity contribution in [2.45, 2.75) is 34.1 Å². The fraction of sp³-hybridized carbons (Fsp3) is 0.455. The summed E-state index contributed by atoms with van der Waals surface area (Å²) in [5.41, 5.74) is 1.43. The maximum Gasteiger partial charge on any atom is 0.256 e. The molecule has 2 heterocycles. The number of nitrogens with zero attached hydrogens (tertiary/aromatic N) is 4. The first kappa shape index (κ1) is 20.8. The number of hydrogen-bond donors (Lipinski definition) is 1. The Morgan fingerprint density at radius 2 is 1.72 bits per heavy atom. The second kappa shape index (κ2) is 8.59. The molecule has 1 aromatic carbocycles. The second-order valence-corrected chi connectivity index (χ2v) is 8.42. The minimum absolute atomic E-state index is 0.0633. The Morgan fingerprint density at radius 3 is 2.41 bits per heavy atom. The van der Waals surface area contributed by atoms with Crippen LogP contribution in [0.3, 0.4) is 0 Å². The molecular formula is C22H29N5O2. The molecule has 1 aliphatic rings. The summed E-state index contributed by atoms with van der Waals surface area (Å²) in [6.45, 7) is 10.2. The summed E-state index contributed by atoms with van der Waals surface area (Å²) in [6.07, 6.45) is 0.845. The number of amides is 2. The molecule has 1 aliphatic heterocycles. The lowest BCUT2D eigenvalue weighted by atomic mass is 9.95. The van der Waals surface area contributed by atoms with Gasteiger partial charge in [0, 0.05) is 31.6 Å². The van der Waals surface area contributed by atoms with E-state index in [1.54, 1.807) is 12.1 Å². The summed E-state index contributed by atoms with van der Waals surface area (Å²) in [6, 6.07) is 11.1. The lowest BCUT2D eigenvalue weighted by Crippen LogP contribution is -2.36. The zero-order valence-electron chi connectivity index (χ0n) is 17.6. The smallest absolute Gasteiger partial charge is 0.256 e. The van der Waals surface area contributed by atoms with Crippen molar-refractivity contribution in [3.05, 3.63) is 47.7 Å². The first-order valence-electron chi connectivity index (χ1n) is 10.0. The number of benzene rings is 1.